The number of nitrogens with zero attached hydrogens (tertiary/aromatic N) is 2. The summed E-state index contributed by atoms with van der Waals surface area (Å²) in [6.07, 6.45) is 2.00. The Hall–Kier alpha value is -2.37. The van der Waals surface area contributed by atoms with Crippen LogP contribution in [0.2, 0.25) is 0 Å². The second kappa shape index (κ2) is 4.31. The van der Waals surface area contributed by atoms with Gasteiger partial charge in [0.15, 0.2) is 0 Å². The molecule has 1 amide bonds. The van der Waals surface area contributed by atoms with Crippen LogP contribution in [-0.2, 0) is 10.3 Å². The summed E-state index contributed by atoms with van der Waals surface area (Å²) in [6, 6.07) is 4.95. The van der Waals surface area contributed by atoms with Gasteiger partial charge in [0.1, 0.15) is 11.4 Å². The molecule has 6 nitrogen and oxygen atoms in total. The Labute approximate surface area is 121 Å². The molecule has 3 rings (SSSR count). The van der Waals surface area contributed by atoms with Crippen LogP contribution >= 0.6 is 0 Å². The lowest BCUT2D eigenvalue weighted by Crippen LogP contribution is -2.42. The number of nitrogens with two attached hydrogens (primary N) is 1. The number of rotatable bonds is 4. The molecular weight excluding hydrogens is 270 g/mol. The Morgan fingerprint density at radius 3 is 2.57 bits per heavy atom. The van der Waals surface area contributed by atoms with Gasteiger partial charge in [0.2, 0.25) is 5.91 Å². The molecule has 0 bridgehead atoms. The Balaban J connectivity index is 2.40. The molecule has 0 spiro atoms. The Morgan fingerprint density at radius 2 is 2.05 bits per heavy atom. The number of carbonyl (C=O) groups is 2. The number of hydrogen-bond donors (Lipinski definition) is 2. The van der Waals surface area contributed by atoms with Crippen LogP contribution in [0.4, 0.5) is 0 Å². The monoisotopic (exact) mass is 287 g/mol. The highest BCUT2D eigenvalue weighted by Gasteiger charge is 2.38. The summed E-state index contributed by atoms with van der Waals surface area (Å²) in [7, 11) is 0. The summed E-state index contributed by atoms with van der Waals surface area (Å²) in [5.74, 6) is -0.520. The van der Waals surface area contributed by atoms with Crippen LogP contribution in [0.15, 0.2) is 18.2 Å². The first-order valence-electron chi connectivity index (χ1n) is 6.89. The summed E-state index contributed by atoms with van der Waals surface area (Å²) in [6.45, 7) is 3.39. The normalized spacial score (nSPS) is 15.3. The fourth-order valence-corrected chi connectivity index (χ4v) is 2.61. The van der Waals surface area contributed by atoms with Crippen LogP contribution in [0.1, 0.15) is 48.8 Å². The minimum Gasteiger partial charge on any atom is -0.478 e. The third-order valence-corrected chi connectivity index (χ3v) is 4.04. The van der Waals surface area contributed by atoms with E-state index in [0.717, 1.165) is 18.7 Å². The van der Waals surface area contributed by atoms with Crippen molar-refractivity contribution in [2.75, 3.05) is 0 Å². The molecule has 2 aromatic rings. The third-order valence-electron chi connectivity index (χ3n) is 4.04. The average Bonchev–Trinajstić information content (AvgIpc) is 3.17. The van der Waals surface area contributed by atoms with E-state index in [1.807, 2.05) is 0 Å². The molecule has 0 radical (unpaired) electrons. The molecule has 1 aliphatic rings. The maximum atomic E-state index is 11.9. The van der Waals surface area contributed by atoms with Gasteiger partial charge in [-0.3, -0.25) is 4.79 Å². The first-order valence-corrected chi connectivity index (χ1v) is 6.89. The molecule has 1 saturated carbocycles. The van der Waals surface area contributed by atoms with Crippen LogP contribution in [-0.4, -0.2) is 26.5 Å². The van der Waals surface area contributed by atoms with Gasteiger partial charge in [0.05, 0.1) is 16.6 Å². The third kappa shape index (κ3) is 1.98. The average molecular weight is 287 g/mol. The molecule has 1 aromatic heterocycles. The Morgan fingerprint density at radius 1 is 1.38 bits per heavy atom. The minimum absolute atomic E-state index is 0.140. The van der Waals surface area contributed by atoms with Crippen molar-refractivity contribution in [1.29, 1.82) is 0 Å². The number of benzene rings is 1. The molecule has 3 N–H and O–H groups in total. The van der Waals surface area contributed by atoms with Crippen LogP contribution in [0.3, 0.4) is 0 Å². The molecule has 1 fully saturated rings. The summed E-state index contributed by atoms with van der Waals surface area (Å²) in [5, 5.41) is 9.42. The highest BCUT2D eigenvalue weighted by atomic mass is 16.4. The maximum absolute atomic E-state index is 11.9. The van der Waals surface area contributed by atoms with E-state index in [-0.39, 0.29) is 11.5 Å². The number of imidazole rings is 1. The zero-order valence-electron chi connectivity index (χ0n) is 12.0. The van der Waals surface area contributed by atoms with E-state index in [4.69, 9.17) is 5.73 Å². The lowest BCUT2D eigenvalue weighted by molar-refractivity contribution is -0.125. The van der Waals surface area contributed by atoms with Crippen LogP contribution in [0, 0.1) is 0 Å². The van der Waals surface area contributed by atoms with E-state index >= 15 is 0 Å². The minimum atomic E-state index is -1.04. The largest absolute Gasteiger partial charge is 0.478 e. The zero-order chi connectivity index (χ0) is 15.4. The van der Waals surface area contributed by atoms with Gasteiger partial charge in [-0.15, -0.1) is 0 Å². The molecule has 0 aliphatic heterocycles. The molecular formula is C15H17N3O3. The van der Waals surface area contributed by atoms with Gasteiger partial charge in [-0.1, -0.05) is 6.07 Å². The van der Waals surface area contributed by atoms with Gasteiger partial charge >= 0.3 is 5.97 Å². The van der Waals surface area contributed by atoms with Crippen molar-refractivity contribution < 1.29 is 14.7 Å². The Kier molecular flexibility index (Phi) is 2.79. The van der Waals surface area contributed by atoms with Gasteiger partial charge in [-0.25, -0.2) is 9.78 Å². The highest BCUT2D eigenvalue weighted by molar-refractivity contribution is 6.02. The molecule has 6 heteroatoms. The van der Waals surface area contributed by atoms with Crippen LogP contribution in [0.25, 0.3) is 11.0 Å². The first-order chi connectivity index (χ1) is 9.84. The van der Waals surface area contributed by atoms with E-state index in [1.54, 1.807) is 30.5 Å². The van der Waals surface area contributed by atoms with E-state index in [0.29, 0.717) is 11.0 Å². The standard InChI is InChI=1S/C15H17N3O3/c1-15(2,14(16)21)18-11-9(13(19)20)4-3-5-10(11)17-12(18)8-6-7-8/h3-5,8H,6-7H2,1-2H3,(H2,16,21)(H,19,20). The molecule has 110 valence electrons. The quantitative estimate of drug-likeness (QED) is 0.896. The second-order valence-corrected chi connectivity index (χ2v) is 5.98. The molecule has 1 heterocycles. The van der Waals surface area contributed by atoms with Gasteiger partial charge in [-0.05, 0) is 38.8 Å². The first kappa shape index (κ1) is 13.6. The Bertz CT molecular complexity index is 757. The summed E-state index contributed by atoms with van der Waals surface area (Å²) in [5.41, 5.74) is 5.70. The number of hydrogen-bond acceptors (Lipinski definition) is 3. The molecule has 0 saturated heterocycles. The number of carboxylic acids is 1. The fraction of sp³-hybridized carbons (Fsp3) is 0.400. The van der Waals surface area contributed by atoms with Crippen molar-refractivity contribution in [2.45, 2.75) is 38.1 Å². The maximum Gasteiger partial charge on any atom is 0.337 e. The van der Waals surface area contributed by atoms with Crippen molar-refractivity contribution in [2.24, 2.45) is 5.73 Å². The topological polar surface area (TPSA) is 98.2 Å². The number of amides is 1. The predicted molar refractivity (Wildman–Crippen MR) is 77.2 cm³/mol. The van der Waals surface area contributed by atoms with Crippen molar-refractivity contribution >= 4 is 22.9 Å². The van der Waals surface area contributed by atoms with Crippen molar-refractivity contribution in [3.63, 3.8) is 0 Å². The van der Waals surface area contributed by atoms with Gasteiger partial charge < -0.3 is 15.4 Å². The molecule has 1 aliphatic carbocycles. The smallest absolute Gasteiger partial charge is 0.337 e. The molecule has 0 atom stereocenters. The van der Waals surface area contributed by atoms with Crippen molar-refractivity contribution in [3.8, 4) is 0 Å². The second-order valence-electron chi connectivity index (χ2n) is 5.98. The van der Waals surface area contributed by atoms with Crippen molar-refractivity contribution in [1.82, 2.24) is 9.55 Å². The summed E-state index contributed by atoms with van der Waals surface area (Å²) >= 11 is 0. The summed E-state index contributed by atoms with van der Waals surface area (Å²) in [4.78, 5) is 27.9. The number of para-hydroxylation sites is 1. The van der Waals surface area contributed by atoms with E-state index in [1.165, 1.54) is 6.07 Å². The summed E-state index contributed by atoms with van der Waals surface area (Å²) < 4.78 is 1.71. The molecule has 0 unspecified atom stereocenters. The number of primary amides is 1. The molecule has 1 aromatic carbocycles. The zero-order valence-corrected chi connectivity index (χ0v) is 12.0. The lowest BCUT2D eigenvalue weighted by Gasteiger charge is -2.26. The number of carbonyl (C=O) groups excluding carboxylic acids is 1. The van der Waals surface area contributed by atoms with Gasteiger partial charge in [0.25, 0.3) is 0 Å². The van der Waals surface area contributed by atoms with Gasteiger partial charge in [0, 0.05) is 5.92 Å². The lowest BCUT2D eigenvalue weighted by atomic mass is 10.0. The number of aromatic carboxylic acids is 1. The number of carboxylic acid groups (broad SMARTS) is 1. The van der Waals surface area contributed by atoms with Crippen LogP contribution in [0.5, 0.6) is 0 Å². The van der Waals surface area contributed by atoms with E-state index < -0.39 is 17.4 Å². The molecule has 21 heavy (non-hydrogen) atoms. The van der Waals surface area contributed by atoms with Crippen molar-refractivity contribution in [3.05, 3.63) is 29.6 Å². The van der Waals surface area contributed by atoms with Crippen LogP contribution < -0.4 is 5.73 Å². The number of aromatic nitrogens is 2. The number of fused-ring (bicyclic) bond motifs is 1. The highest BCUT2D eigenvalue weighted by Crippen LogP contribution is 2.43. The van der Waals surface area contributed by atoms with Gasteiger partial charge in [-0.2, -0.15) is 0 Å². The van der Waals surface area contributed by atoms with E-state index in [9.17, 15) is 14.7 Å². The van der Waals surface area contributed by atoms with E-state index in [2.05, 4.69) is 4.98 Å². The SMILES string of the molecule is CC(C)(C(N)=O)n1c(C2CC2)nc2cccc(C(=O)O)c21. The fourth-order valence-electron chi connectivity index (χ4n) is 2.61. The predicted octanol–water partition coefficient (Wildman–Crippen LogP) is 1.83.